The maximum atomic E-state index is 11.1. The van der Waals surface area contributed by atoms with Crippen molar-refractivity contribution in [1.82, 2.24) is 0 Å². The molecule has 1 aromatic rings. The summed E-state index contributed by atoms with van der Waals surface area (Å²) in [7, 11) is 0. The van der Waals surface area contributed by atoms with Crippen LogP contribution in [0, 0.1) is 0 Å². The third-order valence-corrected chi connectivity index (χ3v) is 4.37. The van der Waals surface area contributed by atoms with Gasteiger partial charge in [-0.15, -0.1) is 0 Å². The topological polar surface area (TPSA) is 46.5 Å². The lowest BCUT2D eigenvalue weighted by molar-refractivity contribution is 0.0692. The van der Waals surface area contributed by atoms with Crippen LogP contribution in [0.15, 0.2) is 24.3 Å². The Morgan fingerprint density at radius 2 is 1.32 bits per heavy atom. The van der Waals surface area contributed by atoms with Crippen LogP contribution in [0.3, 0.4) is 0 Å². The van der Waals surface area contributed by atoms with Gasteiger partial charge in [0.15, 0.2) is 0 Å². The van der Waals surface area contributed by atoms with E-state index in [0.29, 0.717) is 12.4 Å². The lowest BCUT2D eigenvalue weighted by Crippen LogP contribution is -2.04. The minimum atomic E-state index is -0.930. The van der Waals surface area contributed by atoms with Crippen molar-refractivity contribution in [1.29, 1.82) is 0 Å². The molecule has 0 aliphatic carbocycles. The van der Waals surface area contributed by atoms with Crippen LogP contribution in [-0.4, -0.2) is 17.7 Å². The molecule has 1 aromatic carbocycles. The molecule has 144 valence electrons. The molecule has 0 bridgehead atoms. The van der Waals surface area contributed by atoms with Crippen molar-refractivity contribution in [2.75, 3.05) is 6.61 Å². The fraction of sp³-hybridized carbons (Fsp3) is 0.682. The molecule has 1 rings (SSSR count). The molecule has 3 nitrogen and oxygen atoms in total. The Balaban J connectivity index is 0.00000576. The molecule has 0 heterocycles. The number of ether oxygens (including phenoxy) is 1. The highest BCUT2D eigenvalue weighted by Gasteiger charge is 2.09. The van der Waals surface area contributed by atoms with E-state index in [1.165, 1.54) is 64.2 Å². The van der Waals surface area contributed by atoms with Crippen LogP contribution in [0.2, 0.25) is 0 Å². The minimum absolute atomic E-state index is 0. The lowest BCUT2D eigenvalue weighted by atomic mass is 10.1. The van der Waals surface area contributed by atoms with Crippen molar-refractivity contribution in [3.8, 4) is 5.75 Å². The average molecular weight is 351 g/mol. The number of carboxylic acid groups (broad SMARTS) is 1. The number of carbonyl (C=O) groups is 1. The van der Waals surface area contributed by atoms with Crippen LogP contribution in [0.1, 0.15) is 102 Å². The highest BCUT2D eigenvalue weighted by molar-refractivity contribution is 5.90. The van der Waals surface area contributed by atoms with Gasteiger partial charge in [0.05, 0.1) is 6.61 Å². The van der Waals surface area contributed by atoms with E-state index in [-0.39, 0.29) is 13.0 Å². The number of aromatic carboxylic acids is 1. The second-order valence-electron chi connectivity index (χ2n) is 6.54. The normalized spacial score (nSPS) is 10.3. The zero-order valence-corrected chi connectivity index (χ0v) is 15.3. The maximum Gasteiger partial charge on any atom is 0.339 e. The second kappa shape index (κ2) is 16.0. The van der Waals surface area contributed by atoms with E-state index in [0.717, 1.165) is 12.8 Å². The molecule has 0 radical (unpaired) electrons. The summed E-state index contributed by atoms with van der Waals surface area (Å²) in [6.45, 7) is 2.86. The van der Waals surface area contributed by atoms with Crippen molar-refractivity contribution >= 4 is 5.97 Å². The Morgan fingerprint density at radius 3 is 1.84 bits per heavy atom. The van der Waals surface area contributed by atoms with E-state index < -0.39 is 5.97 Å². The number of benzene rings is 1. The van der Waals surface area contributed by atoms with Crippen LogP contribution in [0.25, 0.3) is 0 Å². The molecule has 0 unspecified atom stereocenters. The fourth-order valence-corrected chi connectivity index (χ4v) is 2.89. The molecule has 0 fully saturated rings. The van der Waals surface area contributed by atoms with Gasteiger partial charge in [-0.1, -0.05) is 97.1 Å². The molecular weight excluding hydrogens is 312 g/mol. The fourth-order valence-electron chi connectivity index (χ4n) is 2.89. The summed E-state index contributed by atoms with van der Waals surface area (Å²) in [4.78, 5) is 11.1. The summed E-state index contributed by atoms with van der Waals surface area (Å²) in [5.74, 6) is -0.451. The van der Waals surface area contributed by atoms with Crippen molar-refractivity contribution in [2.24, 2.45) is 0 Å². The Hall–Kier alpha value is -1.51. The smallest absolute Gasteiger partial charge is 0.339 e. The molecule has 0 aliphatic rings. The predicted molar refractivity (Wildman–Crippen MR) is 107 cm³/mol. The van der Waals surface area contributed by atoms with Gasteiger partial charge >= 0.3 is 5.97 Å². The van der Waals surface area contributed by atoms with Crippen LogP contribution >= 0.6 is 0 Å². The molecule has 3 heteroatoms. The summed E-state index contributed by atoms with van der Waals surface area (Å²) < 4.78 is 5.61. The summed E-state index contributed by atoms with van der Waals surface area (Å²) in [6, 6.07) is 6.84. The first-order valence-electron chi connectivity index (χ1n) is 9.70. The van der Waals surface area contributed by atoms with Crippen LogP contribution < -0.4 is 4.74 Å². The van der Waals surface area contributed by atoms with Gasteiger partial charge in [0.25, 0.3) is 0 Å². The highest BCUT2D eigenvalue weighted by Crippen LogP contribution is 2.18. The maximum absolute atomic E-state index is 11.1. The third kappa shape index (κ3) is 11.6. The van der Waals surface area contributed by atoms with Gasteiger partial charge in [-0.25, -0.2) is 4.79 Å². The lowest BCUT2D eigenvalue weighted by Gasteiger charge is -2.08. The summed E-state index contributed by atoms with van der Waals surface area (Å²) in [5.41, 5.74) is 0.247. The van der Waals surface area contributed by atoms with E-state index in [1.54, 1.807) is 18.2 Å². The van der Waals surface area contributed by atoms with Gasteiger partial charge in [0, 0.05) is 0 Å². The quantitative estimate of drug-likeness (QED) is 0.343. The summed E-state index contributed by atoms with van der Waals surface area (Å²) in [5, 5.41) is 9.09. The molecular formula is C22H38O3. The standard InChI is InChI=1S/C21H34O3.CH4/c1-2-3-4-5-6-7-8-9-10-11-12-15-18-24-20-17-14-13-16-19(20)21(22)23;/h13-14,16-17H,2-12,15,18H2,1H3,(H,22,23);1H4. The Kier molecular flexibility index (Phi) is 15.0. The zero-order valence-electron chi connectivity index (χ0n) is 15.3. The number of unbranched alkanes of at least 4 members (excludes halogenated alkanes) is 11. The van der Waals surface area contributed by atoms with E-state index in [4.69, 9.17) is 9.84 Å². The largest absolute Gasteiger partial charge is 0.493 e. The monoisotopic (exact) mass is 350 g/mol. The van der Waals surface area contributed by atoms with Gasteiger partial charge < -0.3 is 9.84 Å². The molecule has 1 N–H and O–H groups in total. The van der Waals surface area contributed by atoms with Gasteiger partial charge in [0.2, 0.25) is 0 Å². The summed E-state index contributed by atoms with van der Waals surface area (Å²) in [6.07, 6.45) is 15.7. The van der Waals surface area contributed by atoms with Crippen LogP contribution in [0.4, 0.5) is 0 Å². The van der Waals surface area contributed by atoms with Gasteiger partial charge in [-0.2, -0.15) is 0 Å². The zero-order chi connectivity index (χ0) is 17.5. The first-order valence-corrected chi connectivity index (χ1v) is 9.70. The molecule has 0 spiro atoms. The van der Waals surface area contributed by atoms with Crippen LogP contribution in [0.5, 0.6) is 5.75 Å². The molecule has 0 atom stereocenters. The second-order valence-corrected chi connectivity index (χ2v) is 6.54. The van der Waals surface area contributed by atoms with Crippen molar-refractivity contribution < 1.29 is 14.6 Å². The van der Waals surface area contributed by atoms with E-state index >= 15 is 0 Å². The van der Waals surface area contributed by atoms with E-state index in [2.05, 4.69) is 6.92 Å². The van der Waals surface area contributed by atoms with Gasteiger partial charge in [-0.05, 0) is 18.6 Å². The Labute approximate surface area is 154 Å². The SMILES string of the molecule is C.CCCCCCCCCCCCCCOc1ccccc1C(=O)O. The predicted octanol–water partition coefficient (Wildman–Crippen LogP) is 7.10. The minimum Gasteiger partial charge on any atom is -0.493 e. The highest BCUT2D eigenvalue weighted by atomic mass is 16.5. The van der Waals surface area contributed by atoms with Gasteiger partial charge in [-0.3, -0.25) is 0 Å². The number of rotatable bonds is 15. The molecule has 25 heavy (non-hydrogen) atoms. The first-order chi connectivity index (χ1) is 11.8. The number of hydrogen-bond donors (Lipinski definition) is 1. The van der Waals surface area contributed by atoms with Gasteiger partial charge in [0.1, 0.15) is 11.3 Å². The summed E-state index contributed by atoms with van der Waals surface area (Å²) >= 11 is 0. The van der Waals surface area contributed by atoms with E-state index in [9.17, 15) is 4.79 Å². The molecule has 0 saturated carbocycles. The molecule has 0 aliphatic heterocycles. The van der Waals surface area contributed by atoms with Crippen LogP contribution in [-0.2, 0) is 0 Å². The van der Waals surface area contributed by atoms with E-state index in [1.807, 2.05) is 6.07 Å². The van der Waals surface area contributed by atoms with Crippen molar-refractivity contribution in [2.45, 2.75) is 91.4 Å². The third-order valence-electron chi connectivity index (χ3n) is 4.37. The molecule has 0 aromatic heterocycles. The number of hydrogen-bond acceptors (Lipinski definition) is 2. The number of carboxylic acids is 1. The molecule has 0 saturated heterocycles. The first kappa shape index (κ1) is 23.5. The van der Waals surface area contributed by atoms with Crippen molar-refractivity contribution in [3.63, 3.8) is 0 Å². The Bertz CT molecular complexity index is 443. The number of para-hydroxylation sites is 1. The average Bonchev–Trinajstić information content (AvgIpc) is 2.59. The molecule has 0 amide bonds. The Morgan fingerprint density at radius 1 is 0.840 bits per heavy atom. The van der Waals surface area contributed by atoms with Crippen molar-refractivity contribution in [3.05, 3.63) is 29.8 Å².